The van der Waals surface area contributed by atoms with E-state index in [9.17, 15) is 0 Å². The van der Waals surface area contributed by atoms with Crippen molar-refractivity contribution in [3.05, 3.63) is 255 Å². The van der Waals surface area contributed by atoms with Gasteiger partial charge in [-0.25, -0.2) is 0 Å². The van der Waals surface area contributed by atoms with Crippen LogP contribution in [0, 0.1) is 0 Å². The topological polar surface area (TPSA) is 0 Å². The molecule has 310 valence electrons. The highest BCUT2D eigenvalue weighted by atomic mass is 14.2. The summed E-state index contributed by atoms with van der Waals surface area (Å²) in [6, 6.07) is 72.3. The third kappa shape index (κ3) is 6.61. The van der Waals surface area contributed by atoms with Crippen LogP contribution in [0.4, 0.5) is 0 Å². The molecular formula is C66H46. The average molecular weight is 839 g/mol. The van der Waals surface area contributed by atoms with Crippen LogP contribution >= 0.6 is 0 Å². The van der Waals surface area contributed by atoms with E-state index in [-0.39, 0.29) is 0 Å². The van der Waals surface area contributed by atoms with Crippen molar-refractivity contribution in [1.29, 1.82) is 0 Å². The minimum Gasteiger partial charge on any atom is -0.0991 e. The summed E-state index contributed by atoms with van der Waals surface area (Å²) in [5.74, 6) is 0. The summed E-state index contributed by atoms with van der Waals surface area (Å²) in [5, 5.41) is 20.0. The van der Waals surface area contributed by atoms with Crippen LogP contribution < -0.4 is 0 Å². The number of allylic oxidation sites excluding steroid dienone is 8. The molecular weight excluding hydrogens is 793 g/mol. The zero-order valence-corrected chi connectivity index (χ0v) is 36.8. The summed E-state index contributed by atoms with van der Waals surface area (Å²) in [5.41, 5.74) is 9.25. The van der Waals surface area contributed by atoms with Gasteiger partial charge in [0.05, 0.1) is 0 Å². The lowest BCUT2D eigenvalue weighted by atomic mass is 9.87. The maximum Gasteiger partial charge on any atom is -0.00201 e. The van der Waals surface area contributed by atoms with E-state index >= 15 is 0 Å². The lowest BCUT2D eigenvalue weighted by Gasteiger charge is -2.17. The smallest absolute Gasteiger partial charge is 0.00201 e. The van der Waals surface area contributed by atoms with Gasteiger partial charge in [0.2, 0.25) is 0 Å². The molecule has 0 saturated carbocycles. The summed E-state index contributed by atoms with van der Waals surface area (Å²) < 4.78 is 0. The van der Waals surface area contributed by atoms with Gasteiger partial charge in [-0.2, -0.15) is 0 Å². The van der Waals surface area contributed by atoms with E-state index in [1.165, 1.54) is 103 Å². The molecule has 0 atom stereocenters. The fourth-order valence-corrected chi connectivity index (χ4v) is 10.8. The van der Waals surface area contributed by atoms with Crippen LogP contribution in [0.25, 0.3) is 120 Å². The Morgan fingerprint density at radius 1 is 0.424 bits per heavy atom. The van der Waals surface area contributed by atoms with Crippen molar-refractivity contribution in [2.24, 2.45) is 0 Å². The van der Waals surface area contributed by atoms with E-state index in [1.54, 1.807) is 0 Å². The van der Waals surface area contributed by atoms with Gasteiger partial charge in [0, 0.05) is 0 Å². The van der Waals surface area contributed by atoms with Crippen LogP contribution in [0.15, 0.2) is 244 Å². The lowest BCUT2D eigenvalue weighted by Crippen LogP contribution is -1.92. The first kappa shape index (κ1) is 39.3. The van der Waals surface area contributed by atoms with Crippen LogP contribution in [0.5, 0.6) is 0 Å². The summed E-state index contributed by atoms with van der Waals surface area (Å²) in [7, 11) is 0. The Balaban J connectivity index is 1.13. The molecule has 1 aliphatic rings. The van der Waals surface area contributed by atoms with Gasteiger partial charge in [0.15, 0.2) is 0 Å². The van der Waals surface area contributed by atoms with Crippen molar-refractivity contribution in [1.82, 2.24) is 0 Å². The van der Waals surface area contributed by atoms with Gasteiger partial charge in [0.25, 0.3) is 0 Å². The first-order valence-corrected chi connectivity index (χ1v) is 23.0. The molecule has 11 aromatic rings. The van der Waals surface area contributed by atoms with E-state index < -0.39 is 0 Å². The molecule has 0 nitrogen and oxygen atoms in total. The highest BCUT2D eigenvalue weighted by molar-refractivity contribution is 6.34. The Hall–Kier alpha value is -8.32. The summed E-state index contributed by atoms with van der Waals surface area (Å²) >= 11 is 0. The van der Waals surface area contributed by atoms with Crippen molar-refractivity contribution in [3.63, 3.8) is 0 Å². The van der Waals surface area contributed by atoms with Gasteiger partial charge < -0.3 is 0 Å². The molecule has 0 aliphatic heterocycles. The molecule has 66 heavy (non-hydrogen) atoms. The van der Waals surface area contributed by atoms with E-state index in [0.717, 1.165) is 40.5 Å². The SMILES string of the molecule is C=C/C=C\C(=C)c1cccc(-c2ccc3c4cccc5cccc(c6cccc2c63)c54)ccc(C2=CC=CCC2)c2ccc(-c3ccc4c5cccc(ccccc6cccc3c64)c5)cc12. The van der Waals surface area contributed by atoms with Crippen molar-refractivity contribution >= 4 is 97.3 Å². The average Bonchev–Trinajstić information content (AvgIpc) is 3.37. The largest absolute Gasteiger partial charge is 0.0991 e. The molecule has 2 bridgehead atoms. The van der Waals surface area contributed by atoms with E-state index in [4.69, 9.17) is 6.58 Å². The fraction of sp³-hybridized carbons (Fsp3) is 0.0303. The number of rotatable bonds is 6. The van der Waals surface area contributed by atoms with Crippen LogP contribution in [0.2, 0.25) is 0 Å². The molecule has 0 heteroatoms. The summed E-state index contributed by atoms with van der Waals surface area (Å²) in [6.07, 6.45) is 14.6. The zero-order chi connectivity index (χ0) is 44.1. The van der Waals surface area contributed by atoms with Crippen LogP contribution in [0.1, 0.15) is 24.0 Å². The molecule has 0 radical (unpaired) electrons. The summed E-state index contributed by atoms with van der Waals surface area (Å²) in [6.45, 7) is 8.71. The Morgan fingerprint density at radius 3 is 1.76 bits per heavy atom. The van der Waals surface area contributed by atoms with Crippen molar-refractivity contribution in [3.8, 4) is 22.3 Å². The molecule has 0 fully saturated rings. The number of benzene rings is 9. The molecule has 12 rings (SSSR count). The van der Waals surface area contributed by atoms with Gasteiger partial charge >= 0.3 is 0 Å². The second-order valence-electron chi connectivity index (χ2n) is 17.6. The van der Waals surface area contributed by atoms with Gasteiger partial charge in [-0.1, -0.05) is 232 Å². The second-order valence-corrected chi connectivity index (χ2v) is 17.6. The minimum atomic E-state index is 0.922. The maximum atomic E-state index is 4.70. The molecule has 0 aromatic heterocycles. The molecule has 0 unspecified atom stereocenters. The van der Waals surface area contributed by atoms with E-state index in [1.807, 2.05) is 12.2 Å². The molecule has 0 heterocycles. The molecule has 0 N–H and O–H groups in total. The first-order chi connectivity index (χ1) is 32.6. The molecule has 0 spiro atoms. The number of fused-ring (bicyclic) bond motifs is 6. The van der Waals surface area contributed by atoms with E-state index in [0.29, 0.717) is 0 Å². The Kier molecular flexibility index (Phi) is 9.73. The molecule has 0 amide bonds. The van der Waals surface area contributed by atoms with Crippen LogP contribution in [-0.2, 0) is 0 Å². The molecule has 0 saturated heterocycles. The Labute approximate surface area is 385 Å². The van der Waals surface area contributed by atoms with Crippen molar-refractivity contribution in [2.45, 2.75) is 12.8 Å². The van der Waals surface area contributed by atoms with Crippen molar-refractivity contribution in [2.75, 3.05) is 0 Å². The van der Waals surface area contributed by atoms with Gasteiger partial charge in [-0.05, 0) is 156 Å². The fourth-order valence-electron chi connectivity index (χ4n) is 10.8. The predicted molar refractivity (Wildman–Crippen MR) is 290 cm³/mol. The lowest BCUT2D eigenvalue weighted by molar-refractivity contribution is 1.06. The monoisotopic (exact) mass is 838 g/mol. The predicted octanol–water partition coefficient (Wildman–Crippen LogP) is 18.9. The number of hydrogen-bond acceptors (Lipinski definition) is 0. The standard InChI is InChI=1S/C66H46/c1-3-4-16-43(2)51-27-11-22-46(53-38-40-62-60-30-14-25-48-24-13-29-59(65(48)60)61-32-15-31-58(53)66(61)62)33-35-52(45-19-6-5-7-20-45)56-36-34-50(42-63(51)56)54-37-39-55-49-26-10-18-44(41-49)17-8-9-21-47-23-12-28-57(54)64(47)55/h3-6,8-19,21-42H,1-2,7,20H2/b16-4-,17-8?,21-9?,22-11?,27-11?,35-33?,46-22?,46-33?,51-27?,52-35?,56-52?,63-51?. The van der Waals surface area contributed by atoms with Gasteiger partial charge in [-0.3, -0.25) is 0 Å². The third-order valence-corrected chi connectivity index (χ3v) is 13.8. The second kappa shape index (κ2) is 16.3. The first-order valence-electron chi connectivity index (χ1n) is 23.0. The summed E-state index contributed by atoms with van der Waals surface area (Å²) in [4.78, 5) is 0. The van der Waals surface area contributed by atoms with Crippen molar-refractivity contribution < 1.29 is 0 Å². The Morgan fingerprint density at radius 2 is 0.985 bits per heavy atom. The quantitative estimate of drug-likeness (QED) is 0.0889. The highest BCUT2D eigenvalue weighted by Crippen LogP contribution is 2.44. The Bertz CT molecular complexity index is 3970. The van der Waals surface area contributed by atoms with E-state index in [2.05, 4.69) is 225 Å². The zero-order valence-electron chi connectivity index (χ0n) is 36.8. The minimum absolute atomic E-state index is 0.922. The molecule has 11 aromatic carbocycles. The third-order valence-electron chi connectivity index (χ3n) is 13.8. The maximum absolute atomic E-state index is 4.70. The van der Waals surface area contributed by atoms with Gasteiger partial charge in [-0.15, -0.1) is 0 Å². The normalized spacial score (nSPS) is 12.8. The van der Waals surface area contributed by atoms with Crippen LogP contribution in [-0.4, -0.2) is 0 Å². The highest BCUT2D eigenvalue weighted by Gasteiger charge is 2.17. The van der Waals surface area contributed by atoms with Gasteiger partial charge in [0.1, 0.15) is 0 Å². The van der Waals surface area contributed by atoms with Crippen LogP contribution in [0.3, 0.4) is 0 Å². The molecule has 1 aliphatic carbocycles. The number of hydrogen-bond donors (Lipinski definition) is 0.